The van der Waals surface area contributed by atoms with Gasteiger partial charge in [0.15, 0.2) is 0 Å². The van der Waals surface area contributed by atoms with Gasteiger partial charge < -0.3 is 10.5 Å². The van der Waals surface area contributed by atoms with E-state index in [9.17, 15) is 4.39 Å². The number of halogens is 1. The third-order valence-corrected chi connectivity index (χ3v) is 2.34. The molecule has 2 N–H and O–H groups in total. The first-order chi connectivity index (χ1) is 5.75. The molecule has 1 aliphatic rings. The van der Waals surface area contributed by atoms with Crippen LogP contribution < -0.4 is 10.5 Å². The van der Waals surface area contributed by atoms with E-state index in [1.807, 2.05) is 0 Å². The summed E-state index contributed by atoms with van der Waals surface area (Å²) in [6, 6.07) is 0. The Morgan fingerprint density at radius 3 is 2.92 bits per heavy atom. The SMILES string of the molecule is Nc1nnc(OC[C@@H]2C[C@@H]2F)s1. The molecule has 1 aromatic rings. The van der Waals surface area contributed by atoms with Crippen LogP contribution in [-0.2, 0) is 0 Å². The van der Waals surface area contributed by atoms with Crippen molar-refractivity contribution in [3.05, 3.63) is 0 Å². The number of anilines is 1. The normalized spacial score (nSPS) is 27.1. The number of rotatable bonds is 3. The highest BCUT2D eigenvalue weighted by atomic mass is 32.1. The number of nitrogens with two attached hydrogens (primary N) is 1. The van der Waals surface area contributed by atoms with Gasteiger partial charge in [0, 0.05) is 5.92 Å². The van der Waals surface area contributed by atoms with Crippen LogP contribution in [0.1, 0.15) is 6.42 Å². The van der Waals surface area contributed by atoms with E-state index in [2.05, 4.69) is 10.2 Å². The first-order valence-electron chi connectivity index (χ1n) is 3.61. The molecule has 66 valence electrons. The minimum Gasteiger partial charge on any atom is -0.468 e. The molecule has 0 saturated heterocycles. The molecular weight excluding hydrogens is 181 g/mol. The highest BCUT2D eigenvalue weighted by Crippen LogP contribution is 2.34. The van der Waals surface area contributed by atoms with Crippen LogP contribution in [-0.4, -0.2) is 23.0 Å². The Morgan fingerprint density at radius 2 is 2.42 bits per heavy atom. The highest BCUT2D eigenvalue weighted by molar-refractivity contribution is 7.16. The second-order valence-corrected chi connectivity index (χ2v) is 3.70. The number of alkyl halides is 1. The second kappa shape index (κ2) is 2.85. The lowest BCUT2D eigenvalue weighted by Gasteiger charge is -1.96. The molecule has 1 saturated carbocycles. The lowest BCUT2D eigenvalue weighted by molar-refractivity contribution is 0.276. The first-order valence-corrected chi connectivity index (χ1v) is 4.43. The van der Waals surface area contributed by atoms with Gasteiger partial charge in [0.05, 0.1) is 6.61 Å². The monoisotopic (exact) mass is 189 g/mol. The summed E-state index contributed by atoms with van der Waals surface area (Å²) in [5.41, 5.74) is 5.32. The van der Waals surface area contributed by atoms with Gasteiger partial charge in [-0.25, -0.2) is 4.39 Å². The molecular formula is C6H8FN3OS. The Kier molecular flexibility index (Phi) is 1.84. The molecule has 2 rings (SSSR count). The summed E-state index contributed by atoms with van der Waals surface area (Å²) in [6.45, 7) is 0.385. The maximum Gasteiger partial charge on any atom is 0.295 e. The molecule has 0 aromatic carbocycles. The summed E-state index contributed by atoms with van der Waals surface area (Å²) >= 11 is 1.17. The maximum absolute atomic E-state index is 12.3. The predicted molar refractivity (Wildman–Crippen MR) is 42.8 cm³/mol. The average Bonchev–Trinajstić information content (AvgIpc) is 2.56. The van der Waals surface area contributed by atoms with E-state index in [-0.39, 0.29) is 5.92 Å². The first kappa shape index (κ1) is 7.72. The fourth-order valence-electron chi connectivity index (χ4n) is 0.840. The Balaban J connectivity index is 1.80. The van der Waals surface area contributed by atoms with Gasteiger partial charge in [-0.05, 0) is 17.8 Å². The van der Waals surface area contributed by atoms with Crippen LogP contribution in [0.15, 0.2) is 0 Å². The minimum atomic E-state index is -0.685. The zero-order chi connectivity index (χ0) is 8.55. The van der Waals surface area contributed by atoms with Crippen molar-refractivity contribution in [3.63, 3.8) is 0 Å². The zero-order valence-electron chi connectivity index (χ0n) is 6.24. The number of nitrogens with zero attached hydrogens (tertiary/aromatic N) is 2. The molecule has 1 aromatic heterocycles. The lowest BCUT2D eigenvalue weighted by atomic mass is 10.5. The van der Waals surface area contributed by atoms with Crippen molar-refractivity contribution in [1.29, 1.82) is 0 Å². The van der Waals surface area contributed by atoms with Gasteiger partial charge in [-0.3, -0.25) is 0 Å². The van der Waals surface area contributed by atoms with Gasteiger partial charge in [-0.1, -0.05) is 5.10 Å². The molecule has 0 bridgehead atoms. The number of hydrogen-bond acceptors (Lipinski definition) is 5. The van der Waals surface area contributed by atoms with Crippen LogP contribution in [0, 0.1) is 5.92 Å². The topological polar surface area (TPSA) is 61.0 Å². The summed E-state index contributed by atoms with van der Waals surface area (Å²) in [4.78, 5) is 0. The molecule has 2 atom stereocenters. The maximum atomic E-state index is 12.3. The molecule has 12 heavy (non-hydrogen) atoms. The molecule has 1 aliphatic carbocycles. The highest BCUT2D eigenvalue weighted by Gasteiger charge is 2.38. The molecule has 6 heteroatoms. The molecule has 0 unspecified atom stereocenters. The molecule has 0 amide bonds. The van der Waals surface area contributed by atoms with Crippen molar-refractivity contribution >= 4 is 16.5 Å². The molecule has 0 aliphatic heterocycles. The Morgan fingerprint density at radius 1 is 1.67 bits per heavy atom. The number of hydrogen-bond donors (Lipinski definition) is 1. The van der Waals surface area contributed by atoms with Crippen LogP contribution >= 0.6 is 11.3 Å². The summed E-state index contributed by atoms with van der Waals surface area (Å²) in [6.07, 6.45) is -0.0795. The Bertz CT molecular complexity index is 280. The third-order valence-electron chi connectivity index (χ3n) is 1.68. The quantitative estimate of drug-likeness (QED) is 0.766. The number of nitrogen functional groups attached to an aromatic ring is 1. The van der Waals surface area contributed by atoms with Gasteiger partial charge in [-0.2, -0.15) is 0 Å². The fourth-order valence-corrected chi connectivity index (χ4v) is 1.31. The van der Waals surface area contributed by atoms with E-state index in [1.165, 1.54) is 11.3 Å². The smallest absolute Gasteiger partial charge is 0.295 e. The van der Waals surface area contributed by atoms with Crippen molar-refractivity contribution < 1.29 is 9.13 Å². The van der Waals surface area contributed by atoms with Crippen LogP contribution in [0.3, 0.4) is 0 Å². The van der Waals surface area contributed by atoms with Gasteiger partial charge >= 0.3 is 0 Å². The van der Waals surface area contributed by atoms with Crippen molar-refractivity contribution in [2.24, 2.45) is 5.92 Å². The van der Waals surface area contributed by atoms with Gasteiger partial charge in [0.1, 0.15) is 6.17 Å². The van der Waals surface area contributed by atoms with E-state index < -0.39 is 6.17 Å². The number of ether oxygens (including phenoxy) is 1. The van der Waals surface area contributed by atoms with Crippen molar-refractivity contribution in [1.82, 2.24) is 10.2 Å². The van der Waals surface area contributed by atoms with Crippen LogP contribution in [0.25, 0.3) is 0 Å². The molecule has 0 spiro atoms. The fraction of sp³-hybridized carbons (Fsp3) is 0.667. The molecule has 1 fully saturated rings. The lowest BCUT2D eigenvalue weighted by Crippen LogP contribution is -2.00. The van der Waals surface area contributed by atoms with Gasteiger partial charge in [0.25, 0.3) is 5.19 Å². The summed E-state index contributed by atoms with van der Waals surface area (Å²) in [5.74, 6) is 0.0510. The van der Waals surface area contributed by atoms with Gasteiger partial charge in [0.2, 0.25) is 5.13 Å². The predicted octanol–water partition coefficient (Wildman–Crippen LogP) is 0.857. The molecule has 0 radical (unpaired) electrons. The minimum absolute atomic E-state index is 0.0510. The van der Waals surface area contributed by atoms with E-state index >= 15 is 0 Å². The van der Waals surface area contributed by atoms with E-state index in [4.69, 9.17) is 10.5 Å². The van der Waals surface area contributed by atoms with E-state index in [0.717, 1.165) is 0 Å². The van der Waals surface area contributed by atoms with Crippen LogP contribution in [0.4, 0.5) is 9.52 Å². The summed E-state index contributed by atoms with van der Waals surface area (Å²) < 4.78 is 17.5. The Hall–Kier alpha value is -0.910. The molecule has 1 heterocycles. The average molecular weight is 189 g/mol. The third kappa shape index (κ3) is 1.63. The standard InChI is InChI=1S/C6H8FN3OS/c7-4-1-3(4)2-11-6-10-9-5(8)12-6/h3-4H,1-2H2,(H2,8,9)/t3-,4-/m0/s1. The Labute approximate surface area is 72.6 Å². The summed E-state index contributed by atoms with van der Waals surface area (Å²) in [7, 11) is 0. The molecule has 4 nitrogen and oxygen atoms in total. The van der Waals surface area contributed by atoms with Crippen LogP contribution in [0.5, 0.6) is 5.19 Å². The van der Waals surface area contributed by atoms with Crippen molar-refractivity contribution in [2.75, 3.05) is 12.3 Å². The summed E-state index contributed by atoms with van der Waals surface area (Å²) in [5, 5.41) is 8.00. The van der Waals surface area contributed by atoms with Crippen molar-refractivity contribution in [2.45, 2.75) is 12.6 Å². The second-order valence-electron chi connectivity index (χ2n) is 2.73. The van der Waals surface area contributed by atoms with E-state index in [0.29, 0.717) is 23.4 Å². The van der Waals surface area contributed by atoms with Gasteiger partial charge in [-0.15, -0.1) is 5.10 Å². The zero-order valence-corrected chi connectivity index (χ0v) is 7.05. The van der Waals surface area contributed by atoms with Crippen molar-refractivity contribution in [3.8, 4) is 5.19 Å². The van der Waals surface area contributed by atoms with Crippen LogP contribution in [0.2, 0.25) is 0 Å². The van der Waals surface area contributed by atoms with E-state index in [1.54, 1.807) is 0 Å². The largest absolute Gasteiger partial charge is 0.468 e. The number of aromatic nitrogens is 2.